The Morgan fingerprint density at radius 3 is 2.53 bits per heavy atom. The van der Waals surface area contributed by atoms with E-state index in [0.717, 1.165) is 31.2 Å². The maximum Gasteiger partial charge on any atom is 0.322 e. The van der Waals surface area contributed by atoms with Crippen LogP contribution in [0.1, 0.15) is 31.2 Å². The van der Waals surface area contributed by atoms with E-state index in [-0.39, 0.29) is 23.0 Å². The first-order valence-corrected chi connectivity index (χ1v) is 13.1. The van der Waals surface area contributed by atoms with E-state index in [1.807, 2.05) is 4.90 Å². The molecule has 2 fully saturated rings. The number of rotatable bonds is 6. The van der Waals surface area contributed by atoms with Gasteiger partial charge in [0.1, 0.15) is 11.4 Å². The Hall–Kier alpha value is -2.92. The van der Waals surface area contributed by atoms with Crippen LogP contribution in [0.2, 0.25) is 0 Å². The second-order valence-corrected chi connectivity index (χ2v) is 11.7. The lowest BCUT2D eigenvalue weighted by Gasteiger charge is -2.36. The molecule has 3 aliphatic rings. The Labute approximate surface area is 198 Å². The summed E-state index contributed by atoms with van der Waals surface area (Å²) in [6, 6.07) is 4.74. The van der Waals surface area contributed by atoms with Gasteiger partial charge < -0.3 is 15.5 Å². The van der Waals surface area contributed by atoms with E-state index in [1.165, 1.54) is 24.5 Å². The van der Waals surface area contributed by atoms with Crippen LogP contribution in [0.15, 0.2) is 32.7 Å². The maximum atomic E-state index is 13.1. The second kappa shape index (κ2) is 8.38. The predicted octanol–water partition coefficient (Wildman–Crippen LogP) is 0.848. The largest absolute Gasteiger partial charge is 0.377 e. The van der Waals surface area contributed by atoms with Crippen LogP contribution in [0.5, 0.6) is 0 Å². The zero-order chi connectivity index (χ0) is 24.2. The topological polar surface area (TPSA) is 119 Å². The molecule has 1 unspecified atom stereocenters. The summed E-state index contributed by atoms with van der Waals surface area (Å²) in [5.41, 5.74) is 1.52. The van der Waals surface area contributed by atoms with Crippen LogP contribution in [-0.4, -0.2) is 64.6 Å². The molecule has 2 aliphatic heterocycles. The molecule has 0 bridgehead atoms. The van der Waals surface area contributed by atoms with E-state index in [9.17, 15) is 22.8 Å². The summed E-state index contributed by atoms with van der Waals surface area (Å²) >= 11 is 0. The molecule has 5 rings (SSSR count). The third-order valence-electron chi connectivity index (χ3n) is 6.85. The Bertz CT molecular complexity index is 1310. The van der Waals surface area contributed by atoms with Gasteiger partial charge >= 0.3 is 6.03 Å². The van der Waals surface area contributed by atoms with E-state index >= 15 is 0 Å². The second-order valence-electron chi connectivity index (χ2n) is 9.51. The molecule has 11 heteroatoms. The lowest BCUT2D eigenvalue weighted by atomic mass is 10.0. The maximum absolute atomic E-state index is 13.1. The Balaban J connectivity index is 1.27. The van der Waals surface area contributed by atoms with Gasteiger partial charge in [0, 0.05) is 51.5 Å². The fourth-order valence-electron chi connectivity index (χ4n) is 4.76. The average Bonchev–Trinajstić information content (AvgIpc) is 3.54. The summed E-state index contributed by atoms with van der Waals surface area (Å²) < 4.78 is 26.0. The molecule has 2 aromatic rings. The molecule has 1 aliphatic carbocycles. The van der Waals surface area contributed by atoms with E-state index in [4.69, 9.17) is 0 Å². The lowest BCUT2D eigenvalue weighted by Crippen LogP contribution is -2.54. The molecular weight excluding hydrogens is 458 g/mol. The van der Waals surface area contributed by atoms with Crippen LogP contribution < -0.4 is 31.3 Å². The first-order chi connectivity index (χ1) is 16.2. The summed E-state index contributed by atoms with van der Waals surface area (Å²) in [4.78, 5) is 41.1. The number of amides is 2. The molecule has 2 heterocycles. The summed E-state index contributed by atoms with van der Waals surface area (Å²) in [6.45, 7) is 1.61. The van der Waals surface area contributed by atoms with Gasteiger partial charge in [0.15, 0.2) is 0 Å². The fraction of sp³-hybridized carbons (Fsp3) is 0.522. The zero-order valence-electron chi connectivity index (χ0n) is 19.3. The fourth-order valence-corrected chi connectivity index (χ4v) is 5.71. The molecular formula is C23H29N5O5S. The minimum Gasteiger partial charge on any atom is -0.377 e. The highest BCUT2D eigenvalue weighted by atomic mass is 32.2. The average molecular weight is 488 g/mol. The minimum absolute atomic E-state index is 0.156. The van der Waals surface area contributed by atoms with Crippen molar-refractivity contribution in [2.75, 3.05) is 48.8 Å². The minimum atomic E-state index is -3.54. The normalized spacial score (nSPS) is 20.6. The molecule has 1 atom stereocenters. The summed E-state index contributed by atoms with van der Waals surface area (Å²) in [7, 11) is -0.559. The zero-order valence-corrected chi connectivity index (χ0v) is 20.2. The van der Waals surface area contributed by atoms with Crippen molar-refractivity contribution in [3.63, 3.8) is 0 Å². The van der Waals surface area contributed by atoms with Crippen LogP contribution in [0, 0.1) is 0 Å². The molecule has 1 saturated heterocycles. The van der Waals surface area contributed by atoms with Gasteiger partial charge in [-0.2, -0.15) is 0 Å². The predicted molar refractivity (Wildman–Crippen MR) is 130 cm³/mol. The first-order valence-electron chi connectivity index (χ1n) is 11.6. The number of hydrogen-bond donors (Lipinski definition) is 2. The van der Waals surface area contributed by atoms with E-state index in [2.05, 4.69) is 10.6 Å². The molecule has 0 radical (unpaired) electrons. The summed E-state index contributed by atoms with van der Waals surface area (Å²) in [6.07, 6.45) is 4.18. The molecule has 182 valence electrons. The number of urea groups is 1. The first kappa shape index (κ1) is 22.9. The molecule has 2 N–H and O–H groups in total. The van der Waals surface area contributed by atoms with Crippen LogP contribution in [0.3, 0.4) is 0 Å². The van der Waals surface area contributed by atoms with Crippen LogP contribution in [0.4, 0.5) is 21.9 Å². The number of anilines is 3. The molecule has 34 heavy (non-hydrogen) atoms. The molecule has 1 saturated carbocycles. The Morgan fingerprint density at radius 1 is 1.06 bits per heavy atom. The smallest absolute Gasteiger partial charge is 0.322 e. The standard InChI is InChI=1S/C23H29N5O5S/c1-26(2)34(32,33)17-7-8-18-14(12-17)9-11-28(18)23(31)25-16-4-3-10-27(13-16)20-19(21(29)22(20)30)24-15-5-6-15/h7-8,12,15-16,24H,3-6,9-11,13H2,1-2H3,(H,25,31). The number of carbonyl (C=O) groups is 1. The highest BCUT2D eigenvalue weighted by Gasteiger charge is 2.34. The van der Waals surface area contributed by atoms with Crippen molar-refractivity contribution in [3.8, 4) is 0 Å². The van der Waals surface area contributed by atoms with Crippen molar-refractivity contribution in [1.82, 2.24) is 9.62 Å². The third-order valence-corrected chi connectivity index (χ3v) is 8.66. The van der Waals surface area contributed by atoms with Crippen molar-refractivity contribution in [3.05, 3.63) is 44.2 Å². The van der Waals surface area contributed by atoms with Gasteiger partial charge in [-0.25, -0.2) is 17.5 Å². The molecule has 10 nitrogen and oxygen atoms in total. The van der Waals surface area contributed by atoms with Gasteiger partial charge in [-0.15, -0.1) is 0 Å². The van der Waals surface area contributed by atoms with Gasteiger partial charge in [0.25, 0.3) is 10.9 Å². The van der Waals surface area contributed by atoms with E-state index in [0.29, 0.717) is 43.1 Å². The molecule has 0 spiro atoms. The highest BCUT2D eigenvalue weighted by molar-refractivity contribution is 7.89. The van der Waals surface area contributed by atoms with Gasteiger partial charge in [-0.05, 0) is 55.9 Å². The lowest BCUT2D eigenvalue weighted by molar-refractivity contribution is 0.241. The molecule has 0 aromatic heterocycles. The number of benzene rings is 1. The van der Waals surface area contributed by atoms with Crippen LogP contribution in [-0.2, 0) is 16.4 Å². The van der Waals surface area contributed by atoms with Crippen molar-refractivity contribution < 1.29 is 13.2 Å². The SMILES string of the molecule is CN(C)S(=O)(=O)c1ccc2c(c1)CCN2C(=O)NC1CCCN(c2c(NC3CC3)c(=O)c2=O)C1. The number of nitrogens with one attached hydrogen (secondary N) is 2. The van der Waals surface area contributed by atoms with Gasteiger partial charge in [0.2, 0.25) is 10.0 Å². The Kier molecular flexibility index (Phi) is 5.64. The third kappa shape index (κ3) is 3.96. The highest BCUT2D eigenvalue weighted by Crippen LogP contribution is 2.32. The Morgan fingerprint density at radius 2 is 1.82 bits per heavy atom. The van der Waals surface area contributed by atoms with E-state index in [1.54, 1.807) is 17.0 Å². The van der Waals surface area contributed by atoms with Crippen LogP contribution in [0.25, 0.3) is 0 Å². The summed E-state index contributed by atoms with van der Waals surface area (Å²) in [5.74, 6) is 0. The van der Waals surface area contributed by atoms with Gasteiger partial charge in [-0.1, -0.05) is 0 Å². The summed E-state index contributed by atoms with van der Waals surface area (Å²) in [5, 5.41) is 6.25. The van der Waals surface area contributed by atoms with Gasteiger partial charge in [-0.3, -0.25) is 14.5 Å². The molecule has 2 aromatic carbocycles. The number of sulfonamides is 1. The van der Waals surface area contributed by atoms with Crippen molar-refractivity contribution in [2.24, 2.45) is 0 Å². The van der Waals surface area contributed by atoms with Crippen molar-refractivity contribution in [2.45, 2.75) is 49.1 Å². The number of hydrogen-bond acceptors (Lipinski definition) is 7. The molecule has 2 amide bonds. The van der Waals surface area contributed by atoms with E-state index < -0.39 is 20.9 Å². The monoisotopic (exact) mass is 487 g/mol. The van der Waals surface area contributed by atoms with Gasteiger partial charge in [0.05, 0.1) is 4.90 Å². The number of carbonyl (C=O) groups excluding carboxylic acids is 1. The number of nitrogens with zero attached hydrogens (tertiary/aromatic N) is 3. The van der Waals surface area contributed by atoms with Crippen molar-refractivity contribution >= 4 is 33.1 Å². The van der Waals surface area contributed by atoms with Crippen LogP contribution >= 0.6 is 0 Å². The number of fused-ring (bicyclic) bond motifs is 1. The quantitative estimate of drug-likeness (QED) is 0.580. The number of piperidine rings is 1. The van der Waals surface area contributed by atoms with Crippen molar-refractivity contribution in [1.29, 1.82) is 0 Å².